The van der Waals surface area contributed by atoms with Crippen LogP contribution in [0.15, 0.2) is 0 Å². The molecule has 0 radical (unpaired) electrons. The molecule has 0 amide bonds. The summed E-state index contributed by atoms with van der Waals surface area (Å²) in [6.45, 7) is 2.24. The van der Waals surface area contributed by atoms with E-state index < -0.39 is 3.79 Å². The molecule has 1 atom stereocenters. The van der Waals surface area contributed by atoms with Crippen LogP contribution in [0.3, 0.4) is 0 Å². The Hall–Kier alpha value is 1.60. The molecule has 0 aromatic rings. The second kappa shape index (κ2) is 11.4. The maximum Gasteiger partial charge on any atom is 0.193 e. The number of hydrogen-bond donors (Lipinski definition) is 0. The average Bonchev–Trinajstić information content (AvgIpc) is 2.25. The number of hydrogen-bond acceptors (Lipinski definition) is 0. The highest BCUT2D eigenvalue weighted by atomic mass is 127. The number of halogens is 4. The Bertz CT molecular complexity index is 169. The molecule has 0 saturated heterocycles. The first-order valence-electron chi connectivity index (χ1n) is 6.65. The fourth-order valence-corrected chi connectivity index (χ4v) is 3.06. The summed E-state index contributed by atoms with van der Waals surface area (Å²) in [5, 5.41) is 0. The van der Waals surface area contributed by atoms with Crippen LogP contribution in [-0.2, 0) is 0 Å². The molecule has 0 saturated carbocycles. The van der Waals surface area contributed by atoms with E-state index >= 15 is 0 Å². The Labute approximate surface area is 135 Å². The van der Waals surface area contributed by atoms with E-state index in [4.69, 9.17) is 34.8 Å². The first-order valence-corrected chi connectivity index (χ1v) is 9.31. The maximum absolute atomic E-state index is 6.03. The van der Waals surface area contributed by atoms with Gasteiger partial charge in [-0.15, -0.1) is 0 Å². The summed E-state index contributed by atoms with van der Waals surface area (Å²) in [6.07, 6.45) is 11.0. The first kappa shape index (κ1) is 18.6. The lowest BCUT2D eigenvalue weighted by Crippen LogP contribution is -2.19. The van der Waals surface area contributed by atoms with Crippen molar-refractivity contribution < 1.29 is 0 Å². The molecule has 0 aliphatic rings. The highest BCUT2D eigenvalue weighted by Gasteiger charge is 2.31. The summed E-state index contributed by atoms with van der Waals surface area (Å²) in [6, 6.07) is 0. The normalized spacial score (nSPS) is 13.9. The van der Waals surface area contributed by atoms with Gasteiger partial charge in [0.15, 0.2) is 3.79 Å². The van der Waals surface area contributed by atoms with Crippen LogP contribution in [0.25, 0.3) is 0 Å². The van der Waals surface area contributed by atoms with Gasteiger partial charge in [-0.2, -0.15) is 0 Å². The van der Waals surface area contributed by atoms with E-state index in [2.05, 4.69) is 29.5 Å². The Morgan fingerprint density at radius 2 is 1.41 bits per heavy atom. The molecule has 17 heavy (non-hydrogen) atoms. The number of rotatable bonds is 10. The predicted molar refractivity (Wildman–Crippen MR) is 89.9 cm³/mol. The van der Waals surface area contributed by atoms with E-state index in [-0.39, 0.29) is 5.92 Å². The third-order valence-electron chi connectivity index (χ3n) is 3.06. The third kappa shape index (κ3) is 11.1. The standard InChI is InChI=1S/C13H24Cl3I/c1-2-3-4-5-6-7-9-12(10-8-11-17)13(14,15)16/h12H,2-11H2,1H3. The minimum Gasteiger partial charge on any atom is -0.0864 e. The maximum atomic E-state index is 6.03. The summed E-state index contributed by atoms with van der Waals surface area (Å²) in [5.41, 5.74) is 0. The highest BCUT2D eigenvalue weighted by Crippen LogP contribution is 2.40. The molecule has 0 heterocycles. The van der Waals surface area contributed by atoms with Crippen molar-refractivity contribution in [2.24, 2.45) is 5.92 Å². The Morgan fingerprint density at radius 3 is 1.94 bits per heavy atom. The topological polar surface area (TPSA) is 0 Å². The number of alkyl halides is 4. The zero-order valence-corrected chi connectivity index (χ0v) is 15.1. The van der Waals surface area contributed by atoms with Crippen LogP contribution in [0.4, 0.5) is 0 Å². The SMILES string of the molecule is CCCCCCCCC(CCCI)C(Cl)(Cl)Cl. The van der Waals surface area contributed by atoms with E-state index in [1.165, 1.54) is 38.5 Å². The van der Waals surface area contributed by atoms with Crippen LogP contribution >= 0.6 is 57.4 Å². The molecule has 0 aliphatic heterocycles. The van der Waals surface area contributed by atoms with Crippen LogP contribution < -0.4 is 0 Å². The molecule has 0 aromatic carbocycles. The van der Waals surface area contributed by atoms with Crippen molar-refractivity contribution in [2.45, 2.75) is 68.5 Å². The predicted octanol–water partition coefficient (Wildman–Crippen LogP) is 6.94. The second-order valence-electron chi connectivity index (χ2n) is 4.63. The van der Waals surface area contributed by atoms with Gasteiger partial charge in [0.1, 0.15) is 0 Å². The molecule has 4 heteroatoms. The highest BCUT2D eigenvalue weighted by molar-refractivity contribution is 14.1. The van der Waals surface area contributed by atoms with E-state index in [1.807, 2.05) is 0 Å². The molecule has 0 nitrogen and oxygen atoms in total. The van der Waals surface area contributed by atoms with Gasteiger partial charge in [-0.1, -0.05) is 103 Å². The van der Waals surface area contributed by atoms with E-state index in [9.17, 15) is 0 Å². The first-order chi connectivity index (χ1) is 8.02. The Morgan fingerprint density at radius 1 is 0.882 bits per heavy atom. The molecule has 0 bridgehead atoms. The quantitative estimate of drug-likeness (QED) is 0.207. The molecule has 0 aliphatic carbocycles. The van der Waals surface area contributed by atoms with Crippen LogP contribution in [-0.4, -0.2) is 8.22 Å². The molecule has 0 spiro atoms. The molecule has 0 rings (SSSR count). The third-order valence-corrected chi connectivity index (χ3v) is 4.74. The summed E-state index contributed by atoms with van der Waals surface area (Å²) in [4.78, 5) is 0. The van der Waals surface area contributed by atoms with Crippen LogP contribution in [0.1, 0.15) is 64.7 Å². The fourth-order valence-electron chi connectivity index (χ4n) is 1.97. The molecule has 104 valence electrons. The minimum atomic E-state index is -1.07. The van der Waals surface area contributed by atoms with Crippen LogP contribution in [0, 0.1) is 5.92 Å². The van der Waals surface area contributed by atoms with Crippen molar-refractivity contribution in [3.63, 3.8) is 0 Å². The molecule has 0 aromatic heterocycles. The van der Waals surface area contributed by atoms with Crippen molar-refractivity contribution in [2.75, 3.05) is 4.43 Å². The van der Waals surface area contributed by atoms with Gasteiger partial charge in [-0.3, -0.25) is 0 Å². The number of unbranched alkanes of at least 4 members (excludes halogenated alkanes) is 5. The lowest BCUT2D eigenvalue weighted by atomic mass is 9.97. The second-order valence-corrected chi connectivity index (χ2v) is 8.07. The van der Waals surface area contributed by atoms with Crippen molar-refractivity contribution >= 4 is 57.4 Å². The van der Waals surface area contributed by atoms with Gasteiger partial charge in [0.05, 0.1) is 0 Å². The van der Waals surface area contributed by atoms with E-state index in [1.54, 1.807) is 0 Å². The lowest BCUT2D eigenvalue weighted by molar-refractivity contribution is 0.427. The lowest BCUT2D eigenvalue weighted by Gasteiger charge is -2.24. The summed E-state index contributed by atoms with van der Waals surface area (Å²) in [5.74, 6) is 0.230. The average molecular weight is 414 g/mol. The van der Waals surface area contributed by atoms with Gasteiger partial charge in [-0.05, 0) is 23.7 Å². The summed E-state index contributed by atoms with van der Waals surface area (Å²) >= 11 is 20.5. The fraction of sp³-hybridized carbons (Fsp3) is 1.00. The molecule has 0 N–H and O–H groups in total. The van der Waals surface area contributed by atoms with Crippen molar-refractivity contribution in [1.29, 1.82) is 0 Å². The largest absolute Gasteiger partial charge is 0.193 e. The summed E-state index contributed by atoms with van der Waals surface area (Å²) < 4.78 is 0.0702. The smallest absolute Gasteiger partial charge is 0.0864 e. The molecular weight excluding hydrogens is 389 g/mol. The monoisotopic (exact) mass is 412 g/mol. The van der Waals surface area contributed by atoms with E-state index in [0.29, 0.717) is 0 Å². The van der Waals surface area contributed by atoms with Gasteiger partial charge >= 0.3 is 0 Å². The van der Waals surface area contributed by atoms with E-state index in [0.717, 1.165) is 23.7 Å². The minimum absolute atomic E-state index is 0.230. The Balaban J connectivity index is 3.69. The zero-order valence-electron chi connectivity index (χ0n) is 10.7. The van der Waals surface area contributed by atoms with Gasteiger partial charge in [-0.25, -0.2) is 0 Å². The van der Waals surface area contributed by atoms with Crippen LogP contribution in [0.5, 0.6) is 0 Å². The molecular formula is C13H24Cl3I. The van der Waals surface area contributed by atoms with Gasteiger partial charge in [0.2, 0.25) is 0 Å². The van der Waals surface area contributed by atoms with Gasteiger partial charge < -0.3 is 0 Å². The van der Waals surface area contributed by atoms with Crippen molar-refractivity contribution in [3.05, 3.63) is 0 Å². The van der Waals surface area contributed by atoms with Crippen LogP contribution in [0.2, 0.25) is 0 Å². The van der Waals surface area contributed by atoms with Crippen molar-refractivity contribution in [1.82, 2.24) is 0 Å². The zero-order chi connectivity index (χ0) is 13.1. The van der Waals surface area contributed by atoms with Crippen molar-refractivity contribution in [3.8, 4) is 0 Å². The Kier molecular flexibility index (Phi) is 12.5. The van der Waals surface area contributed by atoms with Gasteiger partial charge in [0, 0.05) is 5.92 Å². The molecule has 0 fully saturated rings. The summed E-state index contributed by atoms with van der Waals surface area (Å²) in [7, 11) is 0. The van der Waals surface area contributed by atoms with Gasteiger partial charge in [0.25, 0.3) is 0 Å². The molecule has 1 unspecified atom stereocenters.